The van der Waals surface area contributed by atoms with Crippen molar-refractivity contribution in [2.24, 2.45) is 0 Å². The molecular formula is C21H23FN2O4. The van der Waals surface area contributed by atoms with Crippen LogP contribution in [0.5, 0.6) is 0 Å². The molecule has 0 bridgehead atoms. The predicted octanol–water partition coefficient (Wildman–Crippen LogP) is 3.76. The molecule has 0 radical (unpaired) electrons. The number of carboxylic acid groups (broad SMARTS) is 1. The normalized spacial score (nSPS) is 11.0. The Bertz CT molecular complexity index is 909. The molecule has 0 saturated carbocycles. The van der Waals surface area contributed by atoms with Crippen molar-refractivity contribution < 1.29 is 23.9 Å². The SMILES string of the molecule is Cc1ccc(C(=O)NC(C)(C)CCC(=O)O)cc1NC(=O)c1ccccc1F. The van der Waals surface area contributed by atoms with Gasteiger partial charge in [-0.1, -0.05) is 18.2 Å². The second-order valence-electron chi connectivity index (χ2n) is 7.20. The molecule has 0 aliphatic heterocycles. The third-order valence-electron chi connectivity index (χ3n) is 4.28. The van der Waals surface area contributed by atoms with Crippen molar-refractivity contribution in [2.45, 2.75) is 39.2 Å². The highest BCUT2D eigenvalue weighted by Gasteiger charge is 2.23. The first-order valence-corrected chi connectivity index (χ1v) is 8.80. The second kappa shape index (κ2) is 8.65. The summed E-state index contributed by atoms with van der Waals surface area (Å²) in [5.74, 6) is -2.57. The molecule has 6 nitrogen and oxygen atoms in total. The van der Waals surface area contributed by atoms with E-state index in [1.54, 1.807) is 39.0 Å². The van der Waals surface area contributed by atoms with Gasteiger partial charge in [-0.25, -0.2) is 4.39 Å². The van der Waals surface area contributed by atoms with Gasteiger partial charge in [0.2, 0.25) is 0 Å². The minimum Gasteiger partial charge on any atom is -0.481 e. The summed E-state index contributed by atoms with van der Waals surface area (Å²) in [7, 11) is 0. The Labute approximate surface area is 162 Å². The minimum absolute atomic E-state index is 0.0644. The Morgan fingerprint density at radius 1 is 1.07 bits per heavy atom. The zero-order valence-corrected chi connectivity index (χ0v) is 16.0. The molecule has 0 fully saturated rings. The van der Waals surface area contributed by atoms with Crippen molar-refractivity contribution in [1.82, 2.24) is 5.32 Å². The van der Waals surface area contributed by atoms with Crippen molar-refractivity contribution in [1.29, 1.82) is 0 Å². The minimum atomic E-state index is -0.934. The Morgan fingerprint density at radius 3 is 2.39 bits per heavy atom. The fraction of sp³-hybridized carbons (Fsp3) is 0.286. The summed E-state index contributed by atoms with van der Waals surface area (Å²) >= 11 is 0. The quantitative estimate of drug-likeness (QED) is 0.675. The average Bonchev–Trinajstić information content (AvgIpc) is 2.62. The number of benzene rings is 2. The molecule has 2 amide bonds. The van der Waals surface area contributed by atoms with Crippen LogP contribution in [0.25, 0.3) is 0 Å². The van der Waals surface area contributed by atoms with E-state index in [4.69, 9.17) is 5.11 Å². The molecule has 2 rings (SSSR count). The highest BCUT2D eigenvalue weighted by Crippen LogP contribution is 2.20. The molecule has 3 N–H and O–H groups in total. The molecule has 0 aliphatic carbocycles. The summed E-state index contributed by atoms with van der Waals surface area (Å²) in [5, 5.41) is 14.2. The first kappa shape index (κ1) is 21.1. The Morgan fingerprint density at radius 2 is 1.75 bits per heavy atom. The third kappa shape index (κ3) is 5.64. The molecule has 2 aromatic carbocycles. The fourth-order valence-corrected chi connectivity index (χ4v) is 2.59. The van der Waals surface area contributed by atoms with Crippen LogP contribution in [-0.4, -0.2) is 28.4 Å². The second-order valence-corrected chi connectivity index (χ2v) is 7.20. The van der Waals surface area contributed by atoms with Gasteiger partial charge in [0.05, 0.1) is 5.56 Å². The summed E-state index contributed by atoms with van der Waals surface area (Å²) in [4.78, 5) is 35.6. The lowest BCUT2D eigenvalue weighted by molar-refractivity contribution is -0.137. The average molecular weight is 386 g/mol. The van der Waals surface area contributed by atoms with Crippen molar-refractivity contribution in [3.63, 3.8) is 0 Å². The van der Waals surface area contributed by atoms with E-state index >= 15 is 0 Å². The first-order chi connectivity index (χ1) is 13.1. The van der Waals surface area contributed by atoms with Crippen LogP contribution in [0.15, 0.2) is 42.5 Å². The monoisotopic (exact) mass is 386 g/mol. The van der Waals surface area contributed by atoms with Gasteiger partial charge in [-0.15, -0.1) is 0 Å². The van der Waals surface area contributed by atoms with Gasteiger partial charge in [0.1, 0.15) is 5.82 Å². The zero-order chi connectivity index (χ0) is 20.9. The van der Waals surface area contributed by atoms with E-state index in [0.29, 0.717) is 16.8 Å². The number of rotatable bonds is 7. The molecule has 148 valence electrons. The molecule has 7 heteroatoms. The molecule has 0 saturated heterocycles. The van der Waals surface area contributed by atoms with Gasteiger partial charge >= 0.3 is 5.97 Å². The maximum atomic E-state index is 13.8. The van der Waals surface area contributed by atoms with Crippen molar-refractivity contribution in [2.75, 3.05) is 5.32 Å². The maximum Gasteiger partial charge on any atom is 0.303 e. The van der Waals surface area contributed by atoms with E-state index in [2.05, 4.69) is 10.6 Å². The number of halogens is 1. The number of nitrogens with one attached hydrogen (secondary N) is 2. The van der Waals surface area contributed by atoms with E-state index in [1.165, 1.54) is 24.3 Å². The molecule has 2 aromatic rings. The number of anilines is 1. The van der Waals surface area contributed by atoms with E-state index in [0.717, 1.165) is 0 Å². The molecule has 0 spiro atoms. The Kier molecular flexibility index (Phi) is 6.51. The lowest BCUT2D eigenvalue weighted by atomic mass is 9.97. The lowest BCUT2D eigenvalue weighted by Crippen LogP contribution is -2.43. The maximum absolute atomic E-state index is 13.8. The molecule has 0 unspecified atom stereocenters. The van der Waals surface area contributed by atoms with Crippen molar-refractivity contribution in [3.05, 3.63) is 65.0 Å². The van der Waals surface area contributed by atoms with Crippen LogP contribution in [0.4, 0.5) is 10.1 Å². The van der Waals surface area contributed by atoms with Gasteiger partial charge in [0.15, 0.2) is 0 Å². The Balaban J connectivity index is 2.16. The highest BCUT2D eigenvalue weighted by atomic mass is 19.1. The third-order valence-corrected chi connectivity index (χ3v) is 4.28. The fourth-order valence-electron chi connectivity index (χ4n) is 2.59. The van der Waals surface area contributed by atoms with Crippen LogP contribution >= 0.6 is 0 Å². The lowest BCUT2D eigenvalue weighted by Gasteiger charge is -2.26. The highest BCUT2D eigenvalue weighted by molar-refractivity contribution is 6.05. The molecule has 0 aromatic heterocycles. The number of aryl methyl sites for hydroxylation is 1. The molecule has 0 atom stereocenters. The van der Waals surface area contributed by atoms with Crippen LogP contribution < -0.4 is 10.6 Å². The molecule has 28 heavy (non-hydrogen) atoms. The van der Waals surface area contributed by atoms with Crippen LogP contribution in [0.1, 0.15) is 53.0 Å². The summed E-state index contributed by atoms with van der Waals surface area (Å²) in [6.07, 6.45) is 0.210. The summed E-state index contributed by atoms with van der Waals surface area (Å²) in [6.45, 7) is 5.24. The number of carbonyl (C=O) groups is 3. The van der Waals surface area contributed by atoms with Crippen LogP contribution in [0.2, 0.25) is 0 Å². The van der Waals surface area contributed by atoms with Crippen molar-refractivity contribution in [3.8, 4) is 0 Å². The van der Waals surface area contributed by atoms with E-state index in [9.17, 15) is 18.8 Å². The van der Waals surface area contributed by atoms with Crippen molar-refractivity contribution >= 4 is 23.5 Å². The largest absolute Gasteiger partial charge is 0.481 e. The van der Waals surface area contributed by atoms with Gasteiger partial charge in [0.25, 0.3) is 11.8 Å². The summed E-state index contributed by atoms with van der Waals surface area (Å²) in [5.41, 5.74) is 0.608. The van der Waals surface area contributed by atoms with Crippen LogP contribution in [0.3, 0.4) is 0 Å². The van der Waals surface area contributed by atoms with Gasteiger partial charge in [-0.2, -0.15) is 0 Å². The van der Waals surface area contributed by atoms with E-state index in [1.807, 2.05) is 0 Å². The van der Waals surface area contributed by atoms with Gasteiger partial charge < -0.3 is 15.7 Å². The number of hydrogen-bond acceptors (Lipinski definition) is 3. The molecule has 0 heterocycles. The standard InChI is InChI=1S/C21H23FN2O4/c1-13-8-9-14(19(27)24-21(2,3)11-10-18(25)26)12-17(13)23-20(28)15-6-4-5-7-16(15)22/h4-9,12H,10-11H2,1-3H3,(H,23,28)(H,24,27)(H,25,26). The first-order valence-electron chi connectivity index (χ1n) is 8.80. The van der Waals surface area contributed by atoms with Crippen LogP contribution in [-0.2, 0) is 4.79 Å². The summed E-state index contributed by atoms with van der Waals surface area (Å²) in [6, 6.07) is 10.4. The van der Waals surface area contributed by atoms with Gasteiger partial charge in [-0.05, 0) is 57.0 Å². The van der Waals surface area contributed by atoms with Gasteiger partial charge in [-0.3, -0.25) is 14.4 Å². The smallest absolute Gasteiger partial charge is 0.303 e. The predicted molar refractivity (Wildman–Crippen MR) is 104 cm³/mol. The van der Waals surface area contributed by atoms with E-state index in [-0.39, 0.29) is 18.4 Å². The molecular weight excluding hydrogens is 363 g/mol. The number of aliphatic carboxylic acids is 1. The number of hydrogen-bond donors (Lipinski definition) is 3. The number of carbonyl (C=O) groups excluding carboxylic acids is 2. The van der Waals surface area contributed by atoms with Gasteiger partial charge in [0, 0.05) is 23.2 Å². The van der Waals surface area contributed by atoms with Crippen LogP contribution in [0, 0.1) is 12.7 Å². The number of amides is 2. The Hall–Kier alpha value is -3.22. The summed E-state index contributed by atoms with van der Waals surface area (Å²) < 4.78 is 13.8. The van der Waals surface area contributed by atoms with E-state index < -0.39 is 29.1 Å². The zero-order valence-electron chi connectivity index (χ0n) is 16.0. The number of carboxylic acids is 1. The topological polar surface area (TPSA) is 95.5 Å². The molecule has 0 aliphatic rings.